The third-order valence-electron chi connectivity index (χ3n) is 5.19. The van der Waals surface area contributed by atoms with Crippen LogP contribution in [0.4, 0.5) is 0 Å². The second-order valence-electron chi connectivity index (χ2n) is 7.25. The van der Waals surface area contributed by atoms with Crippen LogP contribution in [-0.2, 0) is 6.42 Å². The minimum absolute atomic E-state index is 0.0621. The monoisotopic (exact) mass is 349 g/mol. The summed E-state index contributed by atoms with van der Waals surface area (Å²) in [6.07, 6.45) is 3.86. The molecule has 1 aliphatic rings. The molecular formula is C21H23N3O2. The van der Waals surface area contributed by atoms with Crippen molar-refractivity contribution < 1.29 is 9.90 Å². The number of phenolic OH excluding ortho intramolecular Hbond substituents is 1. The van der Waals surface area contributed by atoms with E-state index in [0.29, 0.717) is 11.6 Å². The Labute approximate surface area is 152 Å². The third kappa shape index (κ3) is 3.05. The molecule has 26 heavy (non-hydrogen) atoms. The highest BCUT2D eigenvalue weighted by molar-refractivity contribution is 5.94. The van der Waals surface area contributed by atoms with Crippen LogP contribution in [0.15, 0.2) is 42.6 Å². The Morgan fingerprint density at radius 2 is 2.00 bits per heavy atom. The summed E-state index contributed by atoms with van der Waals surface area (Å²) >= 11 is 0. The topological polar surface area (TPSA) is 57.8 Å². The van der Waals surface area contributed by atoms with Crippen LogP contribution >= 0.6 is 0 Å². The number of phenols is 1. The van der Waals surface area contributed by atoms with Crippen LogP contribution in [0.3, 0.4) is 0 Å². The van der Waals surface area contributed by atoms with Crippen molar-refractivity contribution in [3.63, 3.8) is 0 Å². The molecular weight excluding hydrogens is 326 g/mol. The summed E-state index contributed by atoms with van der Waals surface area (Å²) in [5.41, 5.74) is 4.61. The number of aromatic nitrogens is 2. The van der Waals surface area contributed by atoms with Crippen molar-refractivity contribution in [1.29, 1.82) is 0 Å². The molecule has 1 atom stereocenters. The first kappa shape index (κ1) is 16.6. The van der Waals surface area contributed by atoms with Crippen molar-refractivity contribution >= 4 is 11.6 Å². The Kier molecular flexibility index (Phi) is 4.15. The second kappa shape index (κ2) is 6.48. The average molecular weight is 349 g/mol. The van der Waals surface area contributed by atoms with E-state index >= 15 is 0 Å². The van der Waals surface area contributed by atoms with Gasteiger partial charge in [-0.15, -0.1) is 0 Å². The lowest BCUT2D eigenvalue weighted by Crippen LogP contribution is -2.30. The summed E-state index contributed by atoms with van der Waals surface area (Å²) in [5.74, 6) is 0.799. The van der Waals surface area contributed by atoms with E-state index in [1.54, 1.807) is 12.1 Å². The number of imidazole rings is 1. The van der Waals surface area contributed by atoms with Crippen molar-refractivity contribution in [2.45, 2.75) is 26.7 Å². The zero-order valence-corrected chi connectivity index (χ0v) is 15.1. The summed E-state index contributed by atoms with van der Waals surface area (Å²) in [4.78, 5) is 19.6. The minimum Gasteiger partial charge on any atom is -0.508 e. The lowest BCUT2D eigenvalue weighted by atomic mass is 9.99. The number of fused-ring (bicyclic) bond motifs is 1. The number of aryl methyl sites for hydroxylation is 2. The molecule has 0 spiro atoms. The smallest absolute Gasteiger partial charge is 0.272 e. The van der Waals surface area contributed by atoms with Crippen molar-refractivity contribution in [3.8, 4) is 5.75 Å². The van der Waals surface area contributed by atoms with Gasteiger partial charge in [-0.05, 0) is 68.0 Å². The first-order valence-corrected chi connectivity index (χ1v) is 9.04. The number of benzene rings is 1. The number of hydrogen-bond donors (Lipinski definition) is 1. The normalized spacial score (nSPS) is 17.2. The van der Waals surface area contributed by atoms with E-state index in [9.17, 15) is 9.90 Å². The SMILES string of the molecule is Cc1ccn2c(C(=O)N3CCC(Cc4ccc(O)cc4)C3)c(C)nc2c1. The van der Waals surface area contributed by atoms with Gasteiger partial charge in [0.15, 0.2) is 0 Å². The van der Waals surface area contributed by atoms with E-state index < -0.39 is 0 Å². The highest BCUT2D eigenvalue weighted by Crippen LogP contribution is 2.24. The Hall–Kier alpha value is -2.82. The predicted molar refractivity (Wildman–Crippen MR) is 100 cm³/mol. The van der Waals surface area contributed by atoms with Crippen LogP contribution in [0, 0.1) is 19.8 Å². The number of rotatable bonds is 3. The van der Waals surface area contributed by atoms with Crippen LogP contribution in [0.1, 0.15) is 33.7 Å². The molecule has 134 valence electrons. The largest absolute Gasteiger partial charge is 0.508 e. The molecule has 0 aliphatic carbocycles. The van der Waals surface area contributed by atoms with Crippen LogP contribution in [0.25, 0.3) is 5.65 Å². The van der Waals surface area contributed by atoms with Crippen LogP contribution in [0.2, 0.25) is 0 Å². The van der Waals surface area contributed by atoms with Crippen molar-refractivity contribution in [3.05, 3.63) is 65.1 Å². The highest BCUT2D eigenvalue weighted by atomic mass is 16.3. The summed E-state index contributed by atoms with van der Waals surface area (Å²) in [7, 11) is 0. The molecule has 1 unspecified atom stereocenters. The molecule has 1 N–H and O–H groups in total. The van der Waals surface area contributed by atoms with Crippen LogP contribution < -0.4 is 0 Å². The molecule has 0 bridgehead atoms. The van der Waals surface area contributed by atoms with E-state index in [-0.39, 0.29) is 11.7 Å². The molecule has 1 saturated heterocycles. The van der Waals surface area contributed by atoms with Gasteiger partial charge in [-0.3, -0.25) is 9.20 Å². The van der Waals surface area contributed by atoms with Gasteiger partial charge in [-0.25, -0.2) is 4.98 Å². The standard InChI is InChI=1S/C21H23N3O2/c1-14-7-10-24-19(11-14)22-15(2)20(24)21(26)23-9-8-17(13-23)12-16-3-5-18(25)6-4-16/h3-7,10-11,17,25H,8-9,12-13H2,1-2H3. The molecule has 4 rings (SSSR count). The first-order chi connectivity index (χ1) is 12.5. The molecule has 5 nitrogen and oxygen atoms in total. The second-order valence-corrected chi connectivity index (χ2v) is 7.25. The van der Waals surface area contributed by atoms with Gasteiger partial charge in [0.25, 0.3) is 5.91 Å². The maximum absolute atomic E-state index is 13.1. The molecule has 0 saturated carbocycles. The molecule has 0 radical (unpaired) electrons. The van der Waals surface area contributed by atoms with Gasteiger partial charge in [-0.2, -0.15) is 0 Å². The van der Waals surface area contributed by atoms with Gasteiger partial charge in [0.2, 0.25) is 0 Å². The van der Waals surface area contributed by atoms with Gasteiger partial charge >= 0.3 is 0 Å². The zero-order valence-electron chi connectivity index (χ0n) is 15.1. The van der Waals surface area contributed by atoms with Crippen molar-refractivity contribution in [2.75, 3.05) is 13.1 Å². The number of pyridine rings is 1. The lowest BCUT2D eigenvalue weighted by Gasteiger charge is -2.17. The van der Waals surface area contributed by atoms with E-state index in [1.165, 1.54) is 5.56 Å². The Balaban J connectivity index is 1.51. The minimum atomic E-state index is 0.0621. The fourth-order valence-corrected chi connectivity index (χ4v) is 3.82. The van der Waals surface area contributed by atoms with E-state index in [2.05, 4.69) is 4.98 Å². The van der Waals surface area contributed by atoms with Crippen molar-refractivity contribution in [2.24, 2.45) is 5.92 Å². The molecule has 1 aliphatic heterocycles. The van der Waals surface area contributed by atoms with Gasteiger partial charge in [0.05, 0.1) is 5.69 Å². The number of hydrogen-bond acceptors (Lipinski definition) is 3. The van der Waals surface area contributed by atoms with Gasteiger partial charge in [-0.1, -0.05) is 12.1 Å². The molecule has 2 aromatic heterocycles. The molecule has 3 heterocycles. The molecule has 1 amide bonds. The number of carbonyl (C=O) groups excluding carboxylic acids is 1. The van der Waals surface area contributed by atoms with Gasteiger partial charge in [0.1, 0.15) is 17.1 Å². The molecule has 3 aromatic rings. The first-order valence-electron chi connectivity index (χ1n) is 9.04. The third-order valence-corrected chi connectivity index (χ3v) is 5.19. The van der Waals surface area contributed by atoms with Crippen LogP contribution in [0.5, 0.6) is 5.75 Å². The van der Waals surface area contributed by atoms with Crippen molar-refractivity contribution in [1.82, 2.24) is 14.3 Å². The number of amides is 1. The fraction of sp³-hybridized carbons (Fsp3) is 0.333. The lowest BCUT2D eigenvalue weighted by molar-refractivity contribution is 0.0779. The molecule has 1 fully saturated rings. The van der Waals surface area contributed by atoms with E-state index in [4.69, 9.17) is 0 Å². The Bertz CT molecular complexity index is 959. The average Bonchev–Trinajstić information content (AvgIpc) is 3.19. The summed E-state index contributed by atoms with van der Waals surface area (Å²) in [5, 5.41) is 9.41. The maximum Gasteiger partial charge on any atom is 0.272 e. The number of carbonyl (C=O) groups is 1. The van der Waals surface area contributed by atoms with E-state index in [1.807, 2.05) is 53.6 Å². The number of nitrogens with zero attached hydrogens (tertiary/aromatic N) is 3. The zero-order chi connectivity index (χ0) is 18.3. The summed E-state index contributed by atoms with van der Waals surface area (Å²) in [6, 6.07) is 11.4. The summed E-state index contributed by atoms with van der Waals surface area (Å²) < 4.78 is 1.90. The Morgan fingerprint density at radius 1 is 1.23 bits per heavy atom. The molecule has 5 heteroatoms. The predicted octanol–water partition coefficient (Wildman–Crippen LogP) is 3.36. The number of likely N-dealkylation sites (tertiary alicyclic amines) is 1. The van der Waals surface area contributed by atoms with E-state index in [0.717, 1.165) is 42.8 Å². The van der Waals surface area contributed by atoms with Gasteiger partial charge < -0.3 is 10.0 Å². The maximum atomic E-state index is 13.1. The quantitative estimate of drug-likeness (QED) is 0.789. The Morgan fingerprint density at radius 3 is 2.77 bits per heavy atom. The number of aromatic hydroxyl groups is 1. The fourth-order valence-electron chi connectivity index (χ4n) is 3.82. The summed E-state index contributed by atoms with van der Waals surface area (Å²) in [6.45, 7) is 5.47. The highest BCUT2D eigenvalue weighted by Gasteiger charge is 2.29. The van der Waals surface area contributed by atoms with Gasteiger partial charge in [0, 0.05) is 19.3 Å². The molecule has 1 aromatic carbocycles. The van der Waals surface area contributed by atoms with Crippen LogP contribution in [-0.4, -0.2) is 38.4 Å².